The zero-order valence-electron chi connectivity index (χ0n) is 17.5. The highest BCUT2D eigenvalue weighted by molar-refractivity contribution is 5.82. The Morgan fingerprint density at radius 2 is 2.03 bits per heavy atom. The van der Waals surface area contributed by atoms with Crippen molar-refractivity contribution in [2.75, 3.05) is 13.1 Å². The molecular weight excluding hydrogens is 392 g/mol. The monoisotopic (exact) mass is 418 g/mol. The summed E-state index contributed by atoms with van der Waals surface area (Å²) in [7, 11) is 0. The van der Waals surface area contributed by atoms with E-state index in [1.54, 1.807) is 36.5 Å². The van der Waals surface area contributed by atoms with Gasteiger partial charge in [0.1, 0.15) is 6.04 Å². The first kappa shape index (κ1) is 19.9. The van der Waals surface area contributed by atoms with Crippen molar-refractivity contribution in [1.82, 2.24) is 19.7 Å². The van der Waals surface area contributed by atoms with Crippen LogP contribution in [-0.4, -0.2) is 43.8 Å². The van der Waals surface area contributed by atoms with Crippen molar-refractivity contribution in [3.05, 3.63) is 70.9 Å². The minimum atomic E-state index is -0.979. The van der Waals surface area contributed by atoms with Gasteiger partial charge in [-0.15, -0.1) is 0 Å². The Labute approximate surface area is 180 Å². The zero-order chi connectivity index (χ0) is 21.6. The van der Waals surface area contributed by atoms with E-state index < -0.39 is 11.6 Å². The molecule has 2 aliphatic rings. The number of carbonyl (C=O) groups excluding carboxylic acids is 1. The van der Waals surface area contributed by atoms with Crippen molar-refractivity contribution in [3.8, 4) is 0 Å². The molecule has 7 nitrogen and oxygen atoms in total. The van der Waals surface area contributed by atoms with Crippen LogP contribution in [0.2, 0.25) is 0 Å². The van der Waals surface area contributed by atoms with Gasteiger partial charge in [-0.25, -0.2) is 4.68 Å². The quantitative estimate of drug-likeness (QED) is 0.706. The van der Waals surface area contributed by atoms with Crippen molar-refractivity contribution < 1.29 is 9.90 Å². The van der Waals surface area contributed by atoms with E-state index in [-0.39, 0.29) is 23.3 Å². The number of benzene rings is 1. The van der Waals surface area contributed by atoms with Gasteiger partial charge in [0, 0.05) is 42.4 Å². The molecule has 160 valence electrons. The summed E-state index contributed by atoms with van der Waals surface area (Å²) in [5.74, 6) is 0.0621. The Balaban J connectivity index is 1.41. The van der Waals surface area contributed by atoms with E-state index in [0.29, 0.717) is 24.9 Å². The average molecular weight is 418 g/mol. The number of aliphatic hydroxyl groups is 1. The highest BCUT2D eigenvalue weighted by Crippen LogP contribution is 2.48. The molecule has 1 N–H and O–H groups in total. The van der Waals surface area contributed by atoms with E-state index in [0.717, 1.165) is 23.8 Å². The molecule has 5 rings (SSSR count). The number of aromatic nitrogens is 3. The highest BCUT2D eigenvalue weighted by Gasteiger charge is 2.51. The Morgan fingerprint density at radius 3 is 2.84 bits per heavy atom. The Morgan fingerprint density at radius 1 is 1.19 bits per heavy atom. The first-order valence-electron chi connectivity index (χ1n) is 10.9. The first-order valence-corrected chi connectivity index (χ1v) is 10.9. The van der Waals surface area contributed by atoms with Gasteiger partial charge < -0.3 is 10.0 Å². The van der Waals surface area contributed by atoms with Gasteiger partial charge in [-0.05, 0) is 44.2 Å². The van der Waals surface area contributed by atoms with E-state index in [1.807, 2.05) is 30.3 Å². The van der Waals surface area contributed by atoms with Crippen LogP contribution in [0.5, 0.6) is 0 Å². The number of likely N-dealkylation sites (tertiary alicyclic amines) is 1. The smallest absolute Gasteiger partial charge is 0.275 e. The molecule has 0 spiro atoms. The summed E-state index contributed by atoms with van der Waals surface area (Å²) in [5, 5.41) is 17.2. The summed E-state index contributed by atoms with van der Waals surface area (Å²) in [6.07, 6.45) is 7.63. The number of carbonyl (C=O) groups is 1. The SMILES string of the molecule is C[C@H](C(=O)N1C[C@@H]2CCC[C@](O)(c3cccnc3)[C@H]2C1)n1ncc2ccccc2c1=O. The van der Waals surface area contributed by atoms with Gasteiger partial charge in [0.25, 0.3) is 5.56 Å². The van der Waals surface area contributed by atoms with Crippen molar-refractivity contribution in [2.24, 2.45) is 11.8 Å². The summed E-state index contributed by atoms with van der Waals surface area (Å²) in [5.41, 5.74) is -0.421. The lowest BCUT2D eigenvalue weighted by Crippen LogP contribution is -2.43. The number of fused-ring (bicyclic) bond motifs is 2. The van der Waals surface area contributed by atoms with Gasteiger partial charge in [-0.3, -0.25) is 14.6 Å². The fourth-order valence-electron chi connectivity index (χ4n) is 5.43. The van der Waals surface area contributed by atoms with E-state index in [1.165, 1.54) is 4.68 Å². The molecule has 1 amide bonds. The molecule has 0 radical (unpaired) electrons. The maximum Gasteiger partial charge on any atom is 0.275 e. The number of nitrogens with zero attached hydrogens (tertiary/aromatic N) is 4. The number of amides is 1. The van der Waals surface area contributed by atoms with Gasteiger partial charge in [0.2, 0.25) is 5.91 Å². The maximum atomic E-state index is 13.4. The van der Waals surface area contributed by atoms with E-state index in [2.05, 4.69) is 10.1 Å². The molecule has 1 saturated heterocycles. The van der Waals surface area contributed by atoms with Crippen molar-refractivity contribution in [1.29, 1.82) is 0 Å². The van der Waals surface area contributed by atoms with Gasteiger partial charge >= 0.3 is 0 Å². The van der Waals surface area contributed by atoms with Crippen LogP contribution in [0.1, 0.15) is 37.8 Å². The van der Waals surface area contributed by atoms with Crippen LogP contribution >= 0.6 is 0 Å². The van der Waals surface area contributed by atoms with Crippen LogP contribution in [0.25, 0.3) is 10.8 Å². The predicted molar refractivity (Wildman–Crippen MR) is 116 cm³/mol. The molecule has 2 aromatic heterocycles. The summed E-state index contributed by atoms with van der Waals surface area (Å²) in [6, 6.07) is 10.3. The summed E-state index contributed by atoms with van der Waals surface area (Å²) >= 11 is 0. The molecule has 1 aliphatic heterocycles. The number of hydrogen-bond donors (Lipinski definition) is 1. The van der Waals surface area contributed by atoms with Crippen LogP contribution in [0.4, 0.5) is 0 Å². The maximum absolute atomic E-state index is 13.4. The van der Waals surface area contributed by atoms with Crippen LogP contribution in [0.3, 0.4) is 0 Å². The molecule has 0 bridgehead atoms. The standard InChI is InChI=1S/C24H26N4O3/c1-16(28-23(30)20-9-3-2-6-17(20)12-26-28)22(29)27-14-18-7-4-10-24(31,21(18)15-27)19-8-5-11-25-13-19/h2-3,5-6,8-9,11-13,16,18,21,31H,4,7,10,14-15H2,1H3/t16-,18+,21+,24+/m1/s1. The molecule has 1 aromatic carbocycles. The Bertz CT molecular complexity index is 1180. The summed E-state index contributed by atoms with van der Waals surface area (Å²) < 4.78 is 1.28. The molecule has 3 heterocycles. The molecule has 1 aliphatic carbocycles. The fourth-order valence-corrected chi connectivity index (χ4v) is 5.43. The van der Waals surface area contributed by atoms with Crippen molar-refractivity contribution in [3.63, 3.8) is 0 Å². The minimum Gasteiger partial charge on any atom is -0.385 e. The number of pyridine rings is 1. The third-order valence-electron chi connectivity index (χ3n) is 7.11. The lowest BCUT2D eigenvalue weighted by Gasteiger charge is -2.41. The van der Waals surface area contributed by atoms with Crippen LogP contribution in [0, 0.1) is 11.8 Å². The molecule has 31 heavy (non-hydrogen) atoms. The zero-order valence-corrected chi connectivity index (χ0v) is 17.5. The molecule has 2 fully saturated rings. The summed E-state index contributed by atoms with van der Waals surface area (Å²) in [4.78, 5) is 32.3. The van der Waals surface area contributed by atoms with Crippen LogP contribution in [-0.2, 0) is 10.4 Å². The van der Waals surface area contributed by atoms with Crippen molar-refractivity contribution in [2.45, 2.75) is 37.8 Å². The highest BCUT2D eigenvalue weighted by atomic mass is 16.3. The average Bonchev–Trinajstić information content (AvgIpc) is 3.25. The molecule has 3 aromatic rings. The van der Waals surface area contributed by atoms with Gasteiger partial charge in [0.05, 0.1) is 17.2 Å². The lowest BCUT2D eigenvalue weighted by molar-refractivity contribution is -0.134. The number of rotatable bonds is 3. The molecule has 1 saturated carbocycles. The molecular formula is C24H26N4O3. The van der Waals surface area contributed by atoms with E-state index in [9.17, 15) is 14.7 Å². The van der Waals surface area contributed by atoms with Crippen molar-refractivity contribution >= 4 is 16.7 Å². The van der Waals surface area contributed by atoms with Gasteiger partial charge in [-0.1, -0.05) is 24.3 Å². The third-order valence-corrected chi connectivity index (χ3v) is 7.11. The second kappa shape index (κ2) is 7.57. The minimum absolute atomic E-state index is 0.0390. The second-order valence-electron chi connectivity index (χ2n) is 8.83. The number of hydrogen-bond acceptors (Lipinski definition) is 5. The van der Waals surface area contributed by atoms with Crippen LogP contribution < -0.4 is 5.56 Å². The molecule has 7 heteroatoms. The van der Waals surface area contributed by atoms with Gasteiger partial charge in [0.15, 0.2) is 0 Å². The van der Waals surface area contributed by atoms with Crippen LogP contribution in [0.15, 0.2) is 59.8 Å². The topological polar surface area (TPSA) is 88.3 Å². The predicted octanol–water partition coefficient (Wildman–Crippen LogP) is 2.50. The third kappa shape index (κ3) is 3.24. The molecule has 0 unspecified atom stereocenters. The van der Waals surface area contributed by atoms with E-state index in [4.69, 9.17) is 0 Å². The fraction of sp³-hybridized carbons (Fsp3) is 0.417. The Kier molecular flexibility index (Phi) is 4.85. The first-order chi connectivity index (χ1) is 15.0. The Hall–Kier alpha value is -3.06. The lowest BCUT2D eigenvalue weighted by atomic mass is 9.68. The largest absolute Gasteiger partial charge is 0.385 e. The summed E-state index contributed by atoms with van der Waals surface area (Å²) in [6.45, 7) is 2.79. The normalized spacial score (nSPS) is 26.6. The molecule has 4 atom stereocenters. The van der Waals surface area contributed by atoms with Gasteiger partial charge in [-0.2, -0.15) is 5.10 Å². The second-order valence-corrected chi connectivity index (χ2v) is 8.83. The van der Waals surface area contributed by atoms with E-state index >= 15 is 0 Å².